The molecule has 0 bridgehead atoms. The molecule has 1 atom stereocenters. The van der Waals surface area contributed by atoms with E-state index in [-0.39, 0.29) is 11.5 Å². The number of hydrogen-bond donors (Lipinski definition) is 1. The topological polar surface area (TPSA) is 60.2 Å². The molecule has 1 heterocycles. The lowest BCUT2D eigenvalue weighted by atomic mass is 9.81. The van der Waals surface area contributed by atoms with Gasteiger partial charge in [-0.05, 0) is 37.1 Å². The Bertz CT molecular complexity index is 561. The first-order chi connectivity index (χ1) is 8.36. The van der Waals surface area contributed by atoms with Crippen LogP contribution in [0.1, 0.15) is 12.0 Å². The summed E-state index contributed by atoms with van der Waals surface area (Å²) >= 11 is 5.97. The molecule has 0 aromatic heterocycles. The van der Waals surface area contributed by atoms with E-state index in [9.17, 15) is 12.8 Å². The molecule has 6 heteroatoms. The quantitative estimate of drug-likeness (QED) is 0.923. The lowest BCUT2D eigenvalue weighted by Crippen LogP contribution is -2.34. The fraction of sp³-hybridized carbons (Fsp3) is 0.500. The summed E-state index contributed by atoms with van der Waals surface area (Å²) in [5, 5.41) is 0.326. The highest BCUT2D eigenvalue weighted by atomic mass is 35.5. The largest absolute Gasteiger partial charge is 0.330 e. The number of halogens is 2. The highest BCUT2D eigenvalue weighted by Gasteiger charge is 2.41. The lowest BCUT2D eigenvalue weighted by molar-refractivity contribution is 0.344. The first-order valence-corrected chi connectivity index (χ1v) is 7.90. The molecule has 0 radical (unpaired) electrons. The van der Waals surface area contributed by atoms with E-state index >= 15 is 0 Å². The van der Waals surface area contributed by atoms with Crippen molar-refractivity contribution in [3.05, 3.63) is 34.6 Å². The van der Waals surface area contributed by atoms with E-state index in [4.69, 9.17) is 17.3 Å². The number of nitrogens with two attached hydrogens (primary N) is 1. The third kappa shape index (κ3) is 2.84. The second kappa shape index (κ2) is 4.79. The molecule has 0 amide bonds. The lowest BCUT2D eigenvalue weighted by Gasteiger charge is -2.26. The Labute approximate surface area is 111 Å². The molecular formula is C12H15ClFNO2S. The van der Waals surface area contributed by atoms with Gasteiger partial charge in [0.05, 0.1) is 11.5 Å². The molecular weight excluding hydrogens is 277 g/mol. The van der Waals surface area contributed by atoms with Crippen molar-refractivity contribution in [3.63, 3.8) is 0 Å². The first-order valence-electron chi connectivity index (χ1n) is 5.70. The summed E-state index contributed by atoms with van der Waals surface area (Å²) < 4.78 is 36.1. The summed E-state index contributed by atoms with van der Waals surface area (Å²) in [5.41, 5.74) is 6.03. The molecule has 2 rings (SSSR count). The van der Waals surface area contributed by atoms with Crippen LogP contribution in [0.25, 0.3) is 0 Å². The molecule has 18 heavy (non-hydrogen) atoms. The molecule has 0 spiro atoms. The minimum atomic E-state index is -3.00. The summed E-state index contributed by atoms with van der Waals surface area (Å²) in [7, 11) is -3.00. The highest BCUT2D eigenvalue weighted by Crippen LogP contribution is 2.36. The second-order valence-corrected chi connectivity index (χ2v) is 7.55. The van der Waals surface area contributed by atoms with Gasteiger partial charge in [0.2, 0.25) is 0 Å². The fourth-order valence-electron chi connectivity index (χ4n) is 2.42. The predicted octanol–water partition coefficient (Wildman–Crippen LogP) is 1.79. The third-order valence-electron chi connectivity index (χ3n) is 3.48. The molecule has 1 aromatic rings. The summed E-state index contributed by atoms with van der Waals surface area (Å²) in [5.74, 6) is -0.141. The molecule has 1 saturated heterocycles. The number of rotatable bonds is 3. The summed E-state index contributed by atoms with van der Waals surface area (Å²) in [6, 6.07) is 4.17. The van der Waals surface area contributed by atoms with E-state index in [2.05, 4.69) is 0 Å². The average Bonchev–Trinajstić information content (AvgIpc) is 2.59. The fourth-order valence-corrected chi connectivity index (χ4v) is 4.84. The predicted molar refractivity (Wildman–Crippen MR) is 69.9 cm³/mol. The van der Waals surface area contributed by atoms with Gasteiger partial charge in [-0.15, -0.1) is 0 Å². The zero-order chi connectivity index (χ0) is 13.4. The molecule has 100 valence electrons. The van der Waals surface area contributed by atoms with Gasteiger partial charge in [0.25, 0.3) is 0 Å². The summed E-state index contributed by atoms with van der Waals surface area (Å²) in [4.78, 5) is 0. The summed E-state index contributed by atoms with van der Waals surface area (Å²) in [6.07, 6.45) is 1.02. The molecule has 1 unspecified atom stereocenters. The van der Waals surface area contributed by atoms with Crippen LogP contribution in [0.5, 0.6) is 0 Å². The number of hydrogen-bond acceptors (Lipinski definition) is 3. The van der Waals surface area contributed by atoms with Crippen LogP contribution in [-0.4, -0.2) is 26.5 Å². The van der Waals surface area contributed by atoms with Crippen molar-refractivity contribution in [2.45, 2.75) is 12.8 Å². The molecule has 1 fully saturated rings. The number of benzene rings is 1. The summed E-state index contributed by atoms with van der Waals surface area (Å²) in [6.45, 7) is 0.292. The van der Waals surface area contributed by atoms with Crippen molar-refractivity contribution < 1.29 is 12.8 Å². The van der Waals surface area contributed by atoms with Gasteiger partial charge in [-0.3, -0.25) is 0 Å². The van der Waals surface area contributed by atoms with Crippen LogP contribution in [0.2, 0.25) is 5.02 Å². The standard InChI is InChI=1S/C12H15ClFNO2S/c13-11-5-10(14)2-1-9(11)6-12(7-15)3-4-18(16,17)8-12/h1-2,5H,3-4,6-8,15H2. The third-order valence-corrected chi connectivity index (χ3v) is 5.71. The van der Waals surface area contributed by atoms with E-state index in [1.165, 1.54) is 12.1 Å². The van der Waals surface area contributed by atoms with E-state index < -0.39 is 21.1 Å². The molecule has 0 saturated carbocycles. The Kier molecular flexibility index (Phi) is 3.67. The average molecular weight is 292 g/mol. The van der Waals surface area contributed by atoms with Crippen LogP contribution in [0.4, 0.5) is 4.39 Å². The minimum absolute atomic E-state index is 0.0875. The van der Waals surface area contributed by atoms with Crippen LogP contribution >= 0.6 is 11.6 Å². The SMILES string of the molecule is NCC1(Cc2ccc(F)cc2Cl)CCS(=O)(=O)C1. The molecule has 1 aromatic carbocycles. The van der Waals surface area contributed by atoms with Gasteiger partial charge in [-0.2, -0.15) is 0 Å². The van der Waals surface area contributed by atoms with Crippen molar-refractivity contribution in [1.29, 1.82) is 0 Å². The van der Waals surface area contributed by atoms with Crippen molar-refractivity contribution in [2.75, 3.05) is 18.1 Å². The zero-order valence-electron chi connectivity index (χ0n) is 9.83. The first kappa shape index (κ1) is 13.8. The van der Waals surface area contributed by atoms with Gasteiger partial charge in [-0.25, -0.2) is 12.8 Å². The normalized spacial score (nSPS) is 26.4. The Hall–Kier alpha value is -0.650. The van der Waals surface area contributed by atoms with Crippen LogP contribution in [0, 0.1) is 11.2 Å². The van der Waals surface area contributed by atoms with Crippen LogP contribution < -0.4 is 5.73 Å². The molecule has 2 N–H and O–H groups in total. The van der Waals surface area contributed by atoms with Crippen molar-refractivity contribution in [3.8, 4) is 0 Å². The Balaban J connectivity index is 2.26. The van der Waals surface area contributed by atoms with Crippen molar-refractivity contribution in [1.82, 2.24) is 0 Å². The Morgan fingerprint density at radius 1 is 1.44 bits per heavy atom. The van der Waals surface area contributed by atoms with E-state index in [0.29, 0.717) is 24.4 Å². The Morgan fingerprint density at radius 3 is 2.67 bits per heavy atom. The highest BCUT2D eigenvalue weighted by molar-refractivity contribution is 7.91. The maximum Gasteiger partial charge on any atom is 0.150 e. The minimum Gasteiger partial charge on any atom is -0.330 e. The monoisotopic (exact) mass is 291 g/mol. The van der Waals surface area contributed by atoms with Gasteiger partial charge in [-0.1, -0.05) is 17.7 Å². The van der Waals surface area contributed by atoms with E-state index in [1.54, 1.807) is 6.07 Å². The Morgan fingerprint density at radius 2 is 2.17 bits per heavy atom. The van der Waals surface area contributed by atoms with Gasteiger partial charge in [0, 0.05) is 10.4 Å². The van der Waals surface area contributed by atoms with E-state index in [0.717, 1.165) is 5.56 Å². The molecule has 3 nitrogen and oxygen atoms in total. The van der Waals surface area contributed by atoms with Crippen LogP contribution in [0.3, 0.4) is 0 Å². The van der Waals surface area contributed by atoms with Gasteiger partial charge in [0.15, 0.2) is 9.84 Å². The van der Waals surface area contributed by atoms with Crippen LogP contribution in [-0.2, 0) is 16.3 Å². The maximum atomic E-state index is 13.0. The van der Waals surface area contributed by atoms with Crippen LogP contribution in [0.15, 0.2) is 18.2 Å². The molecule has 1 aliphatic heterocycles. The van der Waals surface area contributed by atoms with E-state index in [1.807, 2.05) is 0 Å². The number of sulfone groups is 1. The van der Waals surface area contributed by atoms with Gasteiger partial charge >= 0.3 is 0 Å². The smallest absolute Gasteiger partial charge is 0.150 e. The maximum absolute atomic E-state index is 13.0. The van der Waals surface area contributed by atoms with Crippen molar-refractivity contribution in [2.24, 2.45) is 11.1 Å². The second-order valence-electron chi connectivity index (χ2n) is 4.96. The molecule has 1 aliphatic rings. The van der Waals surface area contributed by atoms with Crippen molar-refractivity contribution >= 4 is 21.4 Å². The molecule has 0 aliphatic carbocycles. The van der Waals surface area contributed by atoms with Gasteiger partial charge < -0.3 is 5.73 Å². The van der Waals surface area contributed by atoms with Gasteiger partial charge in [0.1, 0.15) is 5.82 Å². The zero-order valence-corrected chi connectivity index (χ0v) is 11.4.